The average Bonchev–Trinajstić information content (AvgIpc) is 2.50. The molecule has 0 saturated heterocycles. The molecule has 0 saturated carbocycles. The van der Waals surface area contributed by atoms with Crippen molar-refractivity contribution in [2.75, 3.05) is 5.32 Å². The molecule has 1 aliphatic carbocycles. The number of hydrogen-bond donors (Lipinski definition) is 1. The second kappa shape index (κ2) is 3.52. The van der Waals surface area contributed by atoms with Crippen LogP contribution in [0.3, 0.4) is 0 Å². The molecule has 72 valence electrons. The van der Waals surface area contributed by atoms with Crippen molar-refractivity contribution in [3.63, 3.8) is 0 Å². The number of anilines is 1. The topological polar surface area (TPSA) is 12.0 Å². The van der Waals surface area contributed by atoms with Gasteiger partial charge in [-0.2, -0.15) is 0 Å². The summed E-state index contributed by atoms with van der Waals surface area (Å²) in [5.41, 5.74) is 2.36. The van der Waals surface area contributed by atoms with E-state index in [1.54, 1.807) is 0 Å². The maximum Gasteiger partial charge on any atom is 0.0526 e. The van der Waals surface area contributed by atoms with Crippen LogP contribution < -0.4 is 5.32 Å². The Morgan fingerprint density at radius 1 is 1.27 bits per heavy atom. The van der Waals surface area contributed by atoms with Gasteiger partial charge in [-0.25, -0.2) is 0 Å². The second-order valence-corrected chi connectivity index (χ2v) is 4.53. The molecule has 2 heteroatoms. The average molecular weight is 211 g/mol. The minimum atomic E-state index is 0.842. The Balaban J connectivity index is 2.04. The first kappa shape index (κ1) is 8.70. The third kappa shape index (κ3) is 1.55. The van der Waals surface area contributed by atoms with Crippen molar-refractivity contribution in [3.05, 3.63) is 47.0 Å². The number of fused-ring (bicyclic) bond motifs is 1. The number of nitrogens with one attached hydrogen (secondary N) is 1. The fourth-order valence-corrected chi connectivity index (χ4v) is 2.66. The molecular formula is C13H9NS. The van der Waals surface area contributed by atoms with Crippen LogP contribution in [0, 0.1) is 11.8 Å². The minimum Gasteiger partial charge on any atom is -0.354 e. The molecule has 0 atom stereocenters. The Kier molecular flexibility index (Phi) is 2.04. The summed E-state index contributed by atoms with van der Waals surface area (Å²) < 4.78 is 0. The van der Waals surface area contributed by atoms with E-state index in [4.69, 9.17) is 0 Å². The standard InChI is InChI=1S/C13H9NS/c1-2-6-10-12(8-3-1)15-13-9-5-4-7-11(13)14-10/h2,4-7,9,14H,8H2. The molecule has 0 amide bonds. The van der Waals surface area contributed by atoms with Gasteiger partial charge in [-0.05, 0) is 24.3 Å². The highest BCUT2D eigenvalue weighted by Crippen LogP contribution is 2.41. The highest BCUT2D eigenvalue weighted by atomic mass is 32.2. The molecule has 0 bridgehead atoms. The fraction of sp³-hybridized carbons (Fsp3) is 0.0769. The van der Waals surface area contributed by atoms with E-state index in [9.17, 15) is 0 Å². The fourth-order valence-electron chi connectivity index (χ4n) is 1.64. The van der Waals surface area contributed by atoms with E-state index in [2.05, 4.69) is 47.5 Å². The Labute approximate surface area is 93.3 Å². The molecule has 0 spiro atoms. The van der Waals surface area contributed by atoms with Crippen molar-refractivity contribution in [2.45, 2.75) is 11.3 Å². The van der Waals surface area contributed by atoms with Crippen molar-refractivity contribution in [3.8, 4) is 11.8 Å². The smallest absolute Gasteiger partial charge is 0.0526 e. The van der Waals surface area contributed by atoms with Crippen LogP contribution in [0.2, 0.25) is 0 Å². The van der Waals surface area contributed by atoms with Crippen LogP contribution >= 0.6 is 11.8 Å². The van der Waals surface area contributed by atoms with Crippen molar-refractivity contribution in [1.29, 1.82) is 0 Å². The van der Waals surface area contributed by atoms with E-state index in [0.29, 0.717) is 0 Å². The summed E-state index contributed by atoms with van der Waals surface area (Å²) in [4.78, 5) is 2.60. The maximum atomic E-state index is 3.43. The monoisotopic (exact) mass is 211 g/mol. The van der Waals surface area contributed by atoms with Crippen molar-refractivity contribution in [2.24, 2.45) is 0 Å². The van der Waals surface area contributed by atoms with Crippen LogP contribution in [0.5, 0.6) is 0 Å². The van der Waals surface area contributed by atoms with Gasteiger partial charge in [-0.1, -0.05) is 35.7 Å². The Morgan fingerprint density at radius 3 is 3.20 bits per heavy atom. The molecule has 1 aliphatic heterocycles. The normalized spacial score (nSPS) is 16.8. The largest absolute Gasteiger partial charge is 0.354 e. The Morgan fingerprint density at radius 2 is 2.20 bits per heavy atom. The summed E-state index contributed by atoms with van der Waals surface area (Å²) in [7, 11) is 0. The van der Waals surface area contributed by atoms with Crippen LogP contribution in [0.1, 0.15) is 6.42 Å². The van der Waals surface area contributed by atoms with E-state index in [0.717, 1.165) is 6.42 Å². The summed E-state index contributed by atoms with van der Waals surface area (Å²) in [5.74, 6) is 6.13. The Hall–Kier alpha value is -1.59. The molecule has 15 heavy (non-hydrogen) atoms. The van der Waals surface area contributed by atoms with Crippen LogP contribution in [0.25, 0.3) is 0 Å². The van der Waals surface area contributed by atoms with Gasteiger partial charge in [-0.15, -0.1) is 0 Å². The van der Waals surface area contributed by atoms with Crippen LogP contribution in [-0.2, 0) is 0 Å². The van der Waals surface area contributed by atoms with E-state index < -0.39 is 0 Å². The lowest BCUT2D eigenvalue weighted by Crippen LogP contribution is -2.05. The predicted octanol–water partition coefficient (Wildman–Crippen LogP) is 3.38. The van der Waals surface area contributed by atoms with Gasteiger partial charge >= 0.3 is 0 Å². The van der Waals surface area contributed by atoms with Gasteiger partial charge in [0.15, 0.2) is 0 Å². The SMILES string of the molecule is C1#CCC2=C(C=C1)Nc1ccccc1S2. The lowest BCUT2D eigenvalue weighted by molar-refractivity contribution is 1.28. The Bertz CT molecular complexity index is 529. The van der Waals surface area contributed by atoms with Gasteiger partial charge in [0.1, 0.15) is 0 Å². The molecule has 0 radical (unpaired) electrons. The molecule has 1 nitrogen and oxygen atoms in total. The lowest BCUT2D eigenvalue weighted by atomic mass is 10.2. The van der Waals surface area contributed by atoms with Crippen LogP contribution in [0.15, 0.2) is 51.9 Å². The number of thioether (sulfide) groups is 1. The first-order chi connectivity index (χ1) is 7.43. The summed E-state index contributed by atoms with van der Waals surface area (Å²) >= 11 is 1.82. The molecule has 2 aliphatic rings. The number of rotatable bonds is 0. The number of benzene rings is 1. The van der Waals surface area contributed by atoms with Crippen LogP contribution in [0.4, 0.5) is 5.69 Å². The highest BCUT2D eigenvalue weighted by molar-refractivity contribution is 8.03. The van der Waals surface area contributed by atoms with E-state index in [-0.39, 0.29) is 0 Å². The molecule has 0 fully saturated rings. The van der Waals surface area contributed by atoms with Gasteiger partial charge in [-0.3, -0.25) is 0 Å². The van der Waals surface area contributed by atoms with Crippen molar-refractivity contribution < 1.29 is 0 Å². The zero-order valence-electron chi connectivity index (χ0n) is 8.08. The van der Waals surface area contributed by atoms with Crippen LogP contribution in [-0.4, -0.2) is 0 Å². The molecular weight excluding hydrogens is 202 g/mol. The van der Waals surface area contributed by atoms with Crippen molar-refractivity contribution >= 4 is 17.4 Å². The van der Waals surface area contributed by atoms with Gasteiger partial charge in [0.05, 0.1) is 11.4 Å². The summed E-state index contributed by atoms with van der Waals surface area (Å²) in [5, 5.41) is 3.43. The number of para-hydroxylation sites is 1. The third-order valence-corrected chi connectivity index (χ3v) is 3.56. The molecule has 1 heterocycles. The molecule has 1 N–H and O–H groups in total. The van der Waals surface area contributed by atoms with Gasteiger partial charge in [0.25, 0.3) is 0 Å². The zero-order valence-corrected chi connectivity index (χ0v) is 8.90. The van der Waals surface area contributed by atoms with Gasteiger partial charge in [0, 0.05) is 16.2 Å². The third-order valence-electron chi connectivity index (χ3n) is 2.37. The van der Waals surface area contributed by atoms with Gasteiger partial charge in [0.2, 0.25) is 0 Å². The number of allylic oxidation sites excluding steroid dienone is 3. The molecule has 0 unspecified atom stereocenters. The number of hydrogen-bond acceptors (Lipinski definition) is 2. The molecule has 1 aromatic carbocycles. The first-order valence-electron chi connectivity index (χ1n) is 4.85. The minimum absolute atomic E-state index is 0.842. The maximum absolute atomic E-state index is 3.43. The quantitative estimate of drug-likeness (QED) is 0.660. The summed E-state index contributed by atoms with van der Waals surface area (Å²) in [6.07, 6.45) is 4.80. The summed E-state index contributed by atoms with van der Waals surface area (Å²) in [6.45, 7) is 0. The molecule has 3 rings (SSSR count). The van der Waals surface area contributed by atoms with E-state index in [1.807, 2.05) is 17.8 Å². The predicted molar refractivity (Wildman–Crippen MR) is 64.5 cm³/mol. The highest BCUT2D eigenvalue weighted by Gasteiger charge is 2.16. The van der Waals surface area contributed by atoms with Crippen molar-refractivity contribution in [1.82, 2.24) is 0 Å². The van der Waals surface area contributed by atoms with E-state index in [1.165, 1.54) is 21.2 Å². The first-order valence-corrected chi connectivity index (χ1v) is 5.67. The molecule has 1 aromatic rings. The molecule has 0 aromatic heterocycles. The second-order valence-electron chi connectivity index (χ2n) is 3.39. The summed E-state index contributed by atoms with van der Waals surface area (Å²) in [6, 6.07) is 8.36. The lowest BCUT2D eigenvalue weighted by Gasteiger charge is -2.20. The zero-order chi connectivity index (χ0) is 10.1. The van der Waals surface area contributed by atoms with E-state index >= 15 is 0 Å². The van der Waals surface area contributed by atoms with Gasteiger partial charge < -0.3 is 5.32 Å².